The van der Waals surface area contributed by atoms with Crippen LogP contribution in [0.4, 0.5) is 0 Å². The van der Waals surface area contributed by atoms with Gasteiger partial charge in [-0.3, -0.25) is 0 Å². The van der Waals surface area contributed by atoms with Crippen LogP contribution >= 0.6 is 0 Å². The fraction of sp³-hybridized carbons (Fsp3) is 0.0769. The molecule has 0 aliphatic rings. The molecule has 0 fully saturated rings. The number of aromatic hydroxyl groups is 1. The number of sulfone groups is 1. The lowest BCUT2D eigenvalue weighted by Crippen LogP contribution is -1.97. The summed E-state index contributed by atoms with van der Waals surface area (Å²) in [5, 5.41) is 9.55. The predicted molar refractivity (Wildman–Crippen MR) is 66.7 cm³/mol. The van der Waals surface area contributed by atoms with E-state index in [4.69, 9.17) is 0 Å². The van der Waals surface area contributed by atoms with Gasteiger partial charge in [0.2, 0.25) is 0 Å². The highest BCUT2D eigenvalue weighted by molar-refractivity contribution is 7.90. The van der Waals surface area contributed by atoms with E-state index in [1.807, 2.05) is 30.3 Å². The molecular weight excluding hydrogens is 236 g/mol. The number of benzene rings is 2. The van der Waals surface area contributed by atoms with E-state index < -0.39 is 9.84 Å². The molecule has 17 heavy (non-hydrogen) atoms. The van der Waals surface area contributed by atoms with Gasteiger partial charge in [-0.1, -0.05) is 30.3 Å². The Labute approximate surface area is 100 Å². The van der Waals surface area contributed by atoms with Crippen molar-refractivity contribution in [3.8, 4) is 16.9 Å². The maximum Gasteiger partial charge on any atom is 0.175 e. The molecule has 0 saturated heterocycles. The molecule has 0 aliphatic heterocycles. The van der Waals surface area contributed by atoms with E-state index in [9.17, 15) is 13.5 Å². The van der Waals surface area contributed by atoms with Crippen LogP contribution in [0.25, 0.3) is 11.1 Å². The fourth-order valence-corrected chi connectivity index (χ4v) is 2.27. The Morgan fingerprint density at radius 3 is 2.18 bits per heavy atom. The molecule has 0 atom stereocenters. The molecule has 0 bridgehead atoms. The van der Waals surface area contributed by atoms with E-state index in [2.05, 4.69) is 0 Å². The molecule has 0 saturated carbocycles. The molecule has 0 aromatic heterocycles. The molecule has 2 aromatic carbocycles. The number of phenolic OH excluding ortho intramolecular Hbond substituents is 1. The monoisotopic (exact) mass is 248 g/mol. The van der Waals surface area contributed by atoms with Crippen molar-refractivity contribution < 1.29 is 13.5 Å². The van der Waals surface area contributed by atoms with E-state index >= 15 is 0 Å². The highest BCUT2D eigenvalue weighted by Gasteiger charge is 2.10. The number of hydrogen-bond acceptors (Lipinski definition) is 3. The van der Waals surface area contributed by atoms with Gasteiger partial charge in [-0.05, 0) is 29.3 Å². The van der Waals surface area contributed by atoms with Crippen LogP contribution in [0.5, 0.6) is 5.75 Å². The van der Waals surface area contributed by atoms with Crippen molar-refractivity contribution in [2.24, 2.45) is 0 Å². The number of phenols is 1. The summed E-state index contributed by atoms with van der Waals surface area (Å²) < 4.78 is 22.9. The van der Waals surface area contributed by atoms with Gasteiger partial charge in [-0.2, -0.15) is 0 Å². The smallest absolute Gasteiger partial charge is 0.175 e. The minimum Gasteiger partial charge on any atom is -0.508 e. The third-order valence-corrected chi connectivity index (χ3v) is 3.52. The summed E-state index contributed by atoms with van der Waals surface area (Å²) in [6, 6.07) is 13.7. The zero-order valence-electron chi connectivity index (χ0n) is 9.29. The second-order valence-corrected chi connectivity index (χ2v) is 5.87. The van der Waals surface area contributed by atoms with Gasteiger partial charge in [-0.15, -0.1) is 0 Å². The van der Waals surface area contributed by atoms with Crippen molar-refractivity contribution in [1.82, 2.24) is 0 Å². The molecule has 0 aliphatic carbocycles. The molecule has 3 nitrogen and oxygen atoms in total. The molecule has 0 radical (unpaired) electrons. The van der Waals surface area contributed by atoms with E-state index in [0.717, 1.165) is 11.8 Å². The summed E-state index contributed by atoms with van der Waals surface area (Å²) in [5.41, 5.74) is 1.55. The molecule has 0 spiro atoms. The third-order valence-electron chi connectivity index (χ3n) is 2.43. The average molecular weight is 248 g/mol. The molecule has 88 valence electrons. The molecule has 2 rings (SSSR count). The quantitative estimate of drug-likeness (QED) is 0.888. The normalized spacial score (nSPS) is 11.4. The van der Waals surface area contributed by atoms with Gasteiger partial charge < -0.3 is 5.11 Å². The van der Waals surface area contributed by atoms with Crippen molar-refractivity contribution >= 4 is 9.84 Å². The van der Waals surface area contributed by atoms with E-state index in [0.29, 0.717) is 5.56 Å². The van der Waals surface area contributed by atoms with Crippen LogP contribution in [0.15, 0.2) is 53.4 Å². The highest BCUT2D eigenvalue weighted by Crippen LogP contribution is 2.27. The Morgan fingerprint density at radius 2 is 1.59 bits per heavy atom. The van der Waals surface area contributed by atoms with Crippen molar-refractivity contribution in [1.29, 1.82) is 0 Å². The predicted octanol–water partition coefficient (Wildman–Crippen LogP) is 2.46. The Balaban J connectivity index is 2.61. The molecule has 0 amide bonds. The maximum absolute atomic E-state index is 11.5. The molecule has 1 N–H and O–H groups in total. The van der Waals surface area contributed by atoms with Crippen LogP contribution in [-0.4, -0.2) is 19.8 Å². The summed E-state index contributed by atoms with van der Waals surface area (Å²) in [7, 11) is -3.32. The topological polar surface area (TPSA) is 54.4 Å². The summed E-state index contributed by atoms with van der Waals surface area (Å²) in [4.78, 5) is 0.122. The van der Waals surface area contributed by atoms with Gasteiger partial charge in [0.1, 0.15) is 5.75 Å². The lowest BCUT2D eigenvalue weighted by atomic mass is 10.1. The number of rotatable bonds is 2. The van der Waals surface area contributed by atoms with Crippen molar-refractivity contribution in [2.75, 3.05) is 6.26 Å². The van der Waals surface area contributed by atoms with Gasteiger partial charge >= 0.3 is 0 Å². The minimum absolute atomic E-state index is 0.0493. The Kier molecular flexibility index (Phi) is 2.90. The van der Waals surface area contributed by atoms with Crippen molar-refractivity contribution in [3.05, 3.63) is 48.5 Å². The van der Waals surface area contributed by atoms with Crippen LogP contribution in [0.2, 0.25) is 0 Å². The third kappa shape index (κ3) is 2.65. The Hall–Kier alpha value is -1.81. The molecule has 4 heteroatoms. The Morgan fingerprint density at radius 1 is 0.941 bits per heavy atom. The van der Waals surface area contributed by atoms with Gasteiger partial charge in [0.15, 0.2) is 9.84 Å². The zero-order chi connectivity index (χ0) is 12.5. The van der Waals surface area contributed by atoms with Crippen LogP contribution in [0.3, 0.4) is 0 Å². The Bertz CT molecular complexity index is 631. The van der Waals surface area contributed by atoms with Gasteiger partial charge in [-0.25, -0.2) is 8.42 Å². The number of hydrogen-bond donors (Lipinski definition) is 1. The summed E-state index contributed by atoms with van der Waals surface area (Å²) in [6.07, 6.45) is 1.12. The van der Waals surface area contributed by atoms with E-state index in [1.165, 1.54) is 6.07 Å². The summed E-state index contributed by atoms with van der Waals surface area (Å²) in [5.74, 6) is -0.0493. The van der Waals surface area contributed by atoms with E-state index in [1.54, 1.807) is 12.1 Å². The van der Waals surface area contributed by atoms with Crippen LogP contribution in [-0.2, 0) is 9.84 Å². The lowest BCUT2D eigenvalue weighted by molar-refractivity contribution is 0.473. The summed E-state index contributed by atoms with van der Waals surface area (Å²) >= 11 is 0. The molecular formula is C13H12O3S. The van der Waals surface area contributed by atoms with Gasteiger partial charge in [0, 0.05) is 6.26 Å². The fourth-order valence-electron chi connectivity index (χ4n) is 1.59. The standard InChI is InChI=1S/C13H12O3S/c1-17(15,16)13-8-11(7-12(14)9-13)10-5-3-2-4-6-10/h2-9,14H,1H3. The molecule has 2 aromatic rings. The first kappa shape index (κ1) is 11.7. The zero-order valence-corrected chi connectivity index (χ0v) is 10.1. The first-order chi connectivity index (χ1) is 7.97. The molecule has 0 unspecified atom stereocenters. The molecule has 0 heterocycles. The van der Waals surface area contributed by atoms with E-state index in [-0.39, 0.29) is 10.6 Å². The van der Waals surface area contributed by atoms with Crippen molar-refractivity contribution in [2.45, 2.75) is 4.90 Å². The minimum atomic E-state index is -3.32. The first-order valence-corrected chi connectivity index (χ1v) is 6.95. The lowest BCUT2D eigenvalue weighted by Gasteiger charge is -2.05. The largest absolute Gasteiger partial charge is 0.508 e. The maximum atomic E-state index is 11.5. The second-order valence-electron chi connectivity index (χ2n) is 3.85. The van der Waals surface area contributed by atoms with Crippen LogP contribution in [0, 0.1) is 0 Å². The average Bonchev–Trinajstić information content (AvgIpc) is 2.28. The highest BCUT2D eigenvalue weighted by atomic mass is 32.2. The van der Waals surface area contributed by atoms with Crippen LogP contribution in [0.1, 0.15) is 0 Å². The summed E-state index contributed by atoms with van der Waals surface area (Å²) in [6.45, 7) is 0. The van der Waals surface area contributed by atoms with Gasteiger partial charge in [0.05, 0.1) is 4.90 Å². The second kappa shape index (κ2) is 4.22. The van der Waals surface area contributed by atoms with Crippen LogP contribution < -0.4 is 0 Å². The SMILES string of the molecule is CS(=O)(=O)c1cc(O)cc(-c2ccccc2)c1. The first-order valence-electron chi connectivity index (χ1n) is 5.06. The van der Waals surface area contributed by atoms with Crippen molar-refractivity contribution in [3.63, 3.8) is 0 Å². The van der Waals surface area contributed by atoms with Gasteiger partial charge in [0.25, 0.3) is 0 Å².